The normalized spacial score (nSPS) is 14.1. The van der Waals surface area contributed by atoms with Crippen molar-refractivity contribution in [2.45, 2.75) is 11.1 Å². The monoisotopic (exact) mass is 325 g/mol. The fourth-order valence-electron chi connectivity index (χ4n) is 1.50. The van der Waals surface area contributed by atoms with Gasteiger partial charge in [-0.1, -0.05) is 11.6 Å². The van der Waals surface area contributed by atoms with Gasteiger partial charge in [-0.25, -0.2) is 18.1 Å². The Morgan fingerprint density at radius 2 is 2.42 bits per heavy atom. The summed E-state index contributed by atoms with van der Waals surface area (Å²) in [5, 5.41) is 10.9. The van der Waals surface area contributed by atoms with E-state index in [1.807, 2.05) is 0 Å². The molecule has 0 amide bonds. The molecule has 0 bridgehead atoms. The quantitative estimate of drug-likeness (QED) is 0.798. The summed E-state index contributed by atoms with van der Waals surface area (Å²) in [6, 6.07) is 0. The third kappa shape index (κ3) is 3.07. The number of sulfonamides is 1. The van der Waals surface area contributed by atoms with E-state index >= 15 is 0 Å². The van der Waals surface area contributed by atoms with Gasteiger partial charge in [-0.05, 0) is 0 Å². The van der Waals surface area contributed by atoms with Crippen LogP contribution in [0.3, 0.4) is 0 Å². The number of ether oxygens (including phenoxy) is 1. The minimum atomic E-state index is -3.85. The van der Waals surface area contributed by atoms with Gasteiger partial charge < -0.3 is 9.84 Å². The molecule has 0 aliphatic rings. The second kappa shape index (κ2) is 5.73. The third-order valence-corrected chi connectivity index (χ3v) is 4.88. The van der Waals surface area contributed by atoms with Gasteiger partial charge in [0.2, 0.25) is 0 Å². The number of rotatable bonds is 6. The maximum absolute atomic E-state index is 12.1. The highest BCUT2D eigenvalue weighted by Gasteiger charge is 2.25. The minimum absolute atomic E-state index is 0.0382. The van der Waals surface area contributed by atoms with Crippen LogP contribution in [-0.2, 0) is 14.8 Å². The molecule has 106 valence electrons. The molecule has 0 saturated carbocycles. The minimum Gasteiger partial charge on any atom is -0.389 e. The predicted octanol–water partition coefficient (Wildman–Crippen LogP) is 0.335. The lowest BCUT2D eigenvalue weighted by atomic mass is 10.4. The molecule has 2 rings (SSSR count). The second-order valence-corrected chi connectivity index (χ2v) is 6.64. The van der Waals surface area contributed by atoms with Gasteiger partial charge in [0.15, 0.2) is 15.1 Å². The van der Waals surface area contributed by atoms with E-state index in [9.17, 15) is 13.5 Å². The van der Waals surface area contributed by atoms with Gasteiger partial charge in [0.25, 0.3) is 10.0 Å². The van der Waals surface area contributed by atoms with Crippen LogP contribution in [0.1, 0.15) is 0 Å². The molecular formula is C9H12ClN3O4S2. The molecule has 19 heavy (non-hydrogen) atoms. The number of hydrogen-bond acceptors (Lipinski definition) is 6. The SMILES string of the molecule is COCC(O)CNS(=O)(=O)c1c(Cl)nc2sccn12. The van der Waals surface area contributed by atoms with Gasteiger partial charge in [0.05, 0.1) is 12.7 Å². The number of aliphatic hydroxyl groups is 1. The number of thiazole rings is 1. The Hall–Kier alpha value is -0.710. The van der Waals surface area contributed by atoms with Crippen LogP contribution >= 0.6 is 22.9 Å². The summed E-state index contributed by atoms with van der Waals surface area (Å²) in [5.74, 6) is 0. The van der Waals surface area contributed by atoms with Gasteiger partial charge in [0, 0.05) is 25.2 Å². The van der Waals surface area contributed by atoms with Crippen molar-refractivity contribution in [3.8, 4) is 0 Å². The lowest BCUT2D eigenvalue weighted by molar-refractivity contribution is 0.0679. The molecule has 2 aromatic rings. The van der Waals surface area contributed by atoms with Crippen LogP contribution in [0.2, 0.25) is 5.15 Å². The van der Waals surface area contributed by atoms with Crippen LogP contribution in [0.25, 0.3) is 4.96 Å². The topological polar surface area (TPSA) is 92.9 Å². The smallest absolute Gasteiger partial charge is 0.259 e. The first kappa shape index (κ1) is 14.7. The molecule has 2 heterocycles. The van der Waals surface area contributed by atoms with Crippen molar-refractivity contribution in [2.75, 3.05) is 20.3 Å². The standard InChI is InChI=1S/C9H12ClN3O4S2/c1-17-5-6(14)4-11-19(15,16)8-7(10)12-9-13(8)2-3-18-9/h2-3,6,11,14H,4-5H2,1H3. The van der Waals surface area contributed by atoms with E-state index in [4.69, 9.17) is 16.3 Å². The highest BCUT2D eigenvalue weighted by molar-refractivity contribution is 7.89. The molecule has 0 aliphatic carbocycles. The first-order valence-electron chi connectivity index (χ1n) is 5.23. The highest BCUT2D eigenvalue weighted by atomic mass is 35.5. The fourth-order valence-corrected chi connectivity index (χ4v) is 4.02. The number of hydrogen-bond donors (Lipinski definition) is 2. The van der Waals surface area contributed by atoms with E-state index in [-0.39, 0.29) is 23.3 Å². The summed E-state index contributed by atoms with van der Waals surface area (Å²) in [6.45, 7) is -0.125. The zero-order valence-electron chi connectivity index (χ0n) is 9.91. The van der Waals surface area contributed by atoms with Crippen molar-refractivity contribution >= 4 is 37.9 Å². The summed E-state index contributed by atoms with van der Waals surface area (Å²) in [5.41, 5.74) is 0. The summed E-state index contributed by atoms with van der Waals surface area (Å²) in [4.78, 5) is 4.43. The molecule has 2 aromatic heterocycles. The average Bonchev–Trinajstić information content (AvgIpc) is 2.86. The average molecular weight is 326 g/mol. The molecule has 0 saturated heterocycles. The highest BCUT2D eigenvalue weighted by Crippen LogP contribution is 2.25. The number of methoxy groups -OCH3 is 1. The maximum Gasteiger partial charge on any atom is 0.259 e. The van der Waals surface area contributed by atoms with Crippen molar-refractivity contribution in [3.05, 3.63) is 16.7 Å². The first-order valence-corrected chi connectivity index (χ1v) is 7.97. The van der Waals surface area contributed by atoms with Crippen molar-refractivity contribution < 1.29 is 18.3 Å². The number of nitrogens with zero attached hydrogens (tertiary/aromatic N) is 2. The van der Waals surface area contributed by atoms with Crippen molar-refractivity contribution in [3.63, 3.8) is 0 Å². The van der Waals surface area contributed by atoms with E-state index in [1.165, 1.54) is 22.8 Å². The molecule has 1 atom stereocenters. The Kier molecular flexibility index (Phi) is 4.43. The van der Waals surface area contributed by atoms with Gasteiger partial charge in [-0.2, -0.15) is 0 Å². The number of nitrogens with one attached hydrogen (secondary N) is 1. The predicted molar refractivity (Wildman–Crippen MR) is 71.2 cm³/mol. The molecule has 2 N–H and O–H groups in total. The van der Waals surface area contributed by atoms with Crippen LogP contribution in [0.5, 0.6) is 0 Å². The number of aromatic nitrogens is 2. The Morgan fingerprint density at radius 3 is 3.11 bits per heavy atom. The summed E-state index contributed by atoms with van der Waals surface area (Å²) < 4.78 is 32.6. The number of aliphatic hydroxyl groups excluding tert-OH is 1. The zero-order chi connectivity index (χ0) is 14.0. The lowest BCUT2D eigenvalue weighted by Crippen LogP contribution is -2.34. The molecule has 0 radical (unpaired) electrons. The Bertz CT molecular complexity index is 666. The lowest BCUT2D eigenvalue weighted by Gasteiger charge is -2.10. The van der Waals surface area contributed by atoms with Gasteiger partial charge in [-0.3, -0.25) is 4.40 Å². The zero-order valence-corrected chi connectivity index (χ0v) is 12.3. The summed E-state index contributed by atoms with van der Waals surface area (Å²) in [7, 11) is -2.43. The number of halogens is 1. The van der Waals surface area contributed by atoms with Crippen molar-refractivity contribution in [1.29, 1.82) is 0 Å². The third-order valence-electron chi connectivity index (χ3n) is 2.30. The summed E-state index contributed by atoms with van der Waals surface area (Å²) >= 11 is 7.12. The van der Waals surface area contributed by atoms with E-state index in [1.54, 1.807) is 11.6 Å². The summed E-state index contributed by atoms with van der Waals surface area (Å²) in [6.07, 6.45) is 0.642. The molecule has 0 aliphatic heterocycles. The van der Waals surface area contributed by atoms with Gasteiger partial charge >= 0.3 is 0 Å². The van der Waals surface area contributed by atoms with E-state index < -0.39 is 16.1 Å². The molecule has 0 fully saturated rings. The largest absolute Gasteiger partial charge is 0.389 e. The van der Waals surface area contributed by atoms with Crippen LogP contribution in [0.15, 0.2) is 16.6 Å². The molecule has 1 unspecified atom stereocenters. The van der Waals surface area contributed by atoms with Crippen molar-refractivity contribution in [1.82, 2.24) is 14.1 Å². The van der Waals surface area contributed by atoms with E-state index in [0.29, 0.717) is 4.96 Å². The fraction of sp³-hybridized carbons (Fsp3) is 0.444. The van der Waals surface area contributed by atoms with Gasteiger partial charge in [0.1, 0.15) is 0 Å². The van der Waals surface area contributed by atoms with E-state index in [2.05, 4.69) is 9.71 Å². The second-order valence-electron chi connectivity index (χ2n) is 3.72. The Balaban J connectivity index is 2.24. The maximum atomic E-state index is 12.1. The first-order chi connectivity index (χ1) is 8.95. The van der Waals surface area contributed by atoms with Crippen LogP contribution in [0.4, 0.5) is 0 Å². The molecule has 0 aromatic carbocycles. The van der Waals surface area contributed by atoms with Crippen LogP contribution in [-0.4, -0.2) is 49.3 Å². The number of imidazole rings is 1. The number of fused-ring (bicyclic) bond motifs is 1. The van der Waals surface area contributed by atoms with Gasteiger partial charge in [-0.15, -0.1) is 11.3 Å². The molecule has 10 heteroatoms. The molecule has 0 spiro atoms. The Morgan fingerprint density at radius 1 is 1.68 bits per heavy atom. The van der Waals surface area contributed by atoms with Crippen molar-refractivity contribution in [2.24, 2.45) is 0 Å². The van der Waals surface area contributed by atoms with Crippen LogP contribution in [0, 0.1) is 0 Å². The molecular weight excluding hydrogens is 314 g/mol. The molecule has 7 nitrogen and oxygen atoms in total. The van der Waals surface area contributed by atoms with Crippen LogP contribution < -0.4 is 4.72 Å². The van der Waals surface area contributed by atoms with E-state index in [0.717, 1.165) is 0 Å². The Labute approximate surface area is 118 Å².